The number of nitrogens with one attached hydrogen (secondary N) is 1. The molecule has 3 N–H and O–H groups in total. The van der Waals surface area contributed by atoms with Gasteiger partial charge in [-0.2, -0.15) is 5.26 Å². The molecule has 134 valence electrons. The van der Waals surface area contributed by atoms with Crippen molar-refractivity contribution in [3.8, 4) is 6.07 Å². The van der Waals surface area contributed by atoms with Crippen molar-refractivity contribution in [3.63, 3.8) is 0 Å². The van der Waals surface area contributed by atoms with Crippen molar-refractivity contribution in [2.45, 2.75) is 38.6 Å². The van der Waals surface area contributed by atoms with Gasteiger partial charge in [0, 0.05) is 12.0 Å². The fourth-order valence-corrected chi connectivity index (χ4v) is 2.59. The lowest BCUT2D eigenvalue weighted by atomic mass is 9.86. The number of benzene rings is 2. The molecule has 2 aromatic rings. The Bertz CT molecular complexity index is 843. The van der Waals surface area contributed by atoms with Gasteiger partial charge in [-0.1, -0.05) is 45.0 Å². The molecule has 0 saturated carbocycles. The summed E-state index contributed by atoms with van der Waals surface area (Å²) < 4.78 is 0. The molecule has 0 bridgehead atoms. The molecule has 1 atom stereocenters. The Hall–Kier alpha value is -3.13. The number of carbonyl (C=O) groups excluding carboxylic acids is 2. The van der Waals surface area contributed by atoms with Crippen LogP contribution in [0.1, 0.15) is 47.8 Å². The summed E-state index contributed by atoms with van der Waals surface area (Å²) in [5, 5.41) is 11.6. The van der Waals surface area contributed by atoms with E-state index in [0.29, 0.717) is 11.1 Å². The molecule has 5 heteroatoms. The van der Waals surface area contributed by atoms with E-state index >= 15 is 0 Å². The number of rotatable bonds is 5. The smallest absolute Gasteiger partial charge is 0.251 e. The summed E-state index contributed by atoms with van der Waals surface area (Å²) in [5.74, 6) is -0.974. The highest BCUT2D eigenvalue weighted by Gasteiger charge is 2.20. The van der Waals surface area contributed by atoms with Gasteiger partial charge in [-0.05, 0) is 40.8 Å². The van der Waals surface area contributed by atoms with Crippen LogP contribution in [-0.2, 0) is 16.6 Å². The summed E-state index contributed by atoms with van der Waals surface area (Å²) in [4.78, 5) is 24.2. The van der Waals surface area contributed by atoms with Crippen LogP contribution in [0.15, 0.2) is 48.5 Å². The molecule has 0 fully saturated rings. The predicted octanol–water partition coefficient (Wildman–Crippen LogP) is 2.68. The van der Waals surface area contributed by atoms with Gasteiger partial charge in [-0.15, -0.1) is 0 Å². The minimum atomic E-state index is -0.848. The van der Waals surface area contributed by atoms with Crippen LogP contribution in [0.2, 0.25) is 0 Å². The molecule has 0 radical (unpaired) electrons. The predicted molar refractivity (Wildman–Crippen MR) is 100 cm³/mol. The van der Waals surface area contributed by atoms with Crippen LogP contribution in [0.25, 0.3) is 0 Å². The van der Waals surface area contributed by atoms with Crippen molar-refractivity contribution in [3.05, 3.63) is 70.8 Å². The zero-order chi connectivity index (χ0) is 19.3. The Morgan fingerprint density at radius 2 is 1.81 bits per heavy atom. The van der Waals surface area contributed by atoms with Gasteiger partial charge in [-0.3, -0.25) is 9.59 Å². The van der Waals surface area contributed by atoms with Crippen LogP contribution >= 0.6 is 0 Å². The van der Waals surface area contributed by atoms with Crippen molar-refractivity contribution in [2.75, 3.05) is 0 Å². The van der Waals surface area contributed by atoms with Crippen LogP contribution in [0.3, 0.4) is 0 Å². The van der Waals surface area contributed by atoms with Gasteiger partial charge in [0.2, 0.25) is 5.91 Å². The summed E-state index contributed by atoms with van der Waals surface area (Å²) in [5.41, 5.74) is 8.28. The minimum absolute atomic E-state index is 0.00345. The average Bonchev–Trinajstić information content (AvgIpc) is 2.60. The van der Waals surface area contributed by atoms with Gasteiger partial charge in [0.25, 0.3) is 5.91 Å². The Balaban J connectivity index is 2.13. The maximum Gasteiger partial charge on any atom is 0.251 e. The summed E-state index contributed by atoms with van der Waals surface area (Å²) in [6.07, 6.45) is 0.233. The maximum absolute atomic E-state index is 12.5. The van der Waals surface area contributed by atoms with Gasteiger partial charge < -0.3 is 11.1 Å². The van der Waals surface area contributed by atoms with Gasteiger partial charge in [-0.25, -0.2) is 0 Å². The molecule has 2 amide bonds. The molecule has 0 aliphatic heterocycles. The minimum Gasteiger partial charge on any atom is -0.368 e. The van der Waals surface area contributed by atoms with Crippen LogP contribution in [-0.4, -0.2) is 17.9 Å². The number of primary amides is 1. The van der Waals surface area contributed by atoms with Crippen molar-refractivity contribution < 1.29 is 9.59 Å². The number of nitriles is 1. The molecule has 0 aliphatic rings. The first kappa shape index (κ1) is 19.2. The Kier molecular flexibility index (Phi) is 5.78. The van der Waals surface area contributed by atoms with E-state index in [9.17, 15) is 9.59 Å². The monoisotopic (exact) mass is 349 g/mol. The molecule has 2 rings (SSSR count). The van der Waals surface area contributed by atoms with Crippen molar-refractivity contribution in [2.24, 2.45) is 5.73 Å². The van der Waals surface area contributed by atoms with E-state index in [2.05, 4.69) is 32.2 Å². The second kappa shape index (κ2) is 7.83. The number of hydrogen-bond donors (Lipinski definition) is 2. The number of nitrogens with zero attached hydrogens (tertiary/aromatic N) is 1. The van der Waals surface area contributed by atoms with Crippen molar-refractivity contribution in [1.29, 1.82) is 5.26 Å². The highest BCUT2D eigenvalue weighted by molar-refractivity contribution is 5.97. The van der Waals surface area contributed by atoms with Crippen molar-refractivity contribution >= 4 is 11.8 Å². The lowest BCUT2D eigenvalue weighted by Gasteiger charge is -2.19. The molecule has 0 spiro atoms. The van der Waals surface area contributed by atoms with Crippen molar-refractivity contribution in [1.82, 2.24) is 5.32 Å². The highest BCUT2D eigenvalue weighted by Crippen LogP contribution is 2.22. The number of nitrogens with two attached hydrogens (primary N) is 1. The maximum atomic E-state index is 12.5. The van der Waals surface area contributed by atoms with Gasteiger partial charge in [0.15, 0.2) is 0 Å². The molecule has 0 saturated heterocycles. The van der Waals surface area contributed by atoms with E-state index < -0.39 is 11.9 Å². The second-order valence-electron chi connectivity index (χ2n) is 7.27. The summed E-state index contributed by atoms with van der Waals surface area (Å²) in [6.45, 7) is 6.29. The molecular weight excluding hydrogens is 326 g/mol. The zero-order valence-corrected chi connectivity index (χ0v) is 15.2. The number of hydrogen-bond acceptors (Lipinski definition) is 3. The number of amides is 2. The highest BCUT2D eigenvalue weighted by atomic mass is 16.2. The third-order valence-corrected chi connectivity index (χ3v) is 4.16. The first-order valence-corrected chi connectivity index (χ1v) is 8.40. The topological polar surface area (TPSA) is 96.0 Å². The van der Waals surface area contributed by atoms with E-state index in [1.807, 2.05) is 12.1 Å². The average molecular weight is 349 g/mol. The van der Waals surface area contributed by atoms with Gasteiger partial charge in [0.05, 0.1) is 11.6 Å². The molecule has 0 aromatic heterocycles. The fourth-order valence-electron chi connectivity index (χ4n) is 2.59. The molecular formula is C21H23N3O2. The molecule has 0 aliphatic carbocycles. The Morgan fingerprint density at radius 1 is 1.15 bits per heavy atom. The molecule has 26 heavy (non-hydrogen) atoms. The normalized spacial score (nSPS) is 12.1. The van der Waals surface area contributed by atoms with E-state index in [1.54, 1.807) is 36.4 Å². The van der Waals surface area contributed by atoms with Crippen LogP contribution in [0.4, 0.5) is 0 Å². The second-order valence-corrected chi connectivity index (χ2v) is 7.27. The summed E-state index contributed by atoms with van der Waals surface area (Å²) >= 11 is 0. The first-order valence-electron chi connectivity index (χ1n) is 8.40. The fraction of sp³-hybridized carbons (Fsp3) is 0.286. The SMILES string of the molecule is CC(C)(C)c1ccc(C(=O)N[C@@H](Cc2cccc(C#N)c2)C(N)=O)cc1. The molecule has 5 nitrogen and oxygen atoms in total. The van der Waals surface area contributed by atoms with Crippen LogP contribution in [0, 0.1) is 11.3 Å². The van der Waals surface area contributed by atoms with Gasteiger partial charge >= 0.3 is 0 Å². The van der Waals surface area contributed by atoms with E-state index in [0.717, 1.165) is 11.1 Å². The lowest BCUT2D eigenvalue weighted by Crippen LogP contribution is -2.45. The molecule has 0 unspecified atom stereocenters. The quantitative estimate of drug-likeness (QED) is 0.868. The summed E-state index contributed by atoms with van der Waals surface area (Å²) in [6, 6.07) is 15.4. The molecule has 2 aromatic carbocycles. The third kappa shape index (κ3) is 4.93. The van der Waals surface area contributed by atoms with Crippen LogP contribution < -0.4 is 11.1 Å². The zero-order valence-electron chi connectivity index (χ0n) is 15.2. The van der Waals surface area contributed by atoms with E-state index in [1.165, 1.54) is 0 Å². The Labute approximate surface area is 153 Å². The van der Waals surface area contributed by atoms with E-state index in [-0.39, 0.29) is 17.7 Å². The van der Waals surface area contributed by atoms with Crippen LogP contribution in [0.5, 0.6) is 0 Å². The standard InChI is InChI=1S/C21H23N3O2/c1-21(2,3)17-9-7-16(8-10-17)20(26)24-18(19(23)25)12-14-5-4-6-15(11-14)13-22/h4-11,18H,12H2,1-3H3,(H2,23,25)(H,24,26)/t18-/m0/s1. The first-order chi connectivity index (χ1) is 12.2. The lowest BCUT2D eigenvalue weighted by molar-refractivity contribution is -0.119. The third-order valence-electron chi connectivity index (χ3n) is 4.16. The molecule has 0 heterocycles. The Morgan fingerprint density at radius 3 is 2.35 bits per heavy atom. The number of carbonyl (C=O) groups is 2. The van der Waals surface area contributed by atoms with Gasteiger partial charge in [0.1, 0.15) is 6.04 Å². The summed E-state index contributed by atoms with van der Waals surface area (Å²) in [7, 11) is 0. The van der Waals surface area contributed by atoms with E-state index in [4.69, 9.17) is 11.0 Å². The largest absolute Gasteiger partial charge is 0.368 e.